The Labute approximate surface area is 153 Å². The summed E-state index contributed by atoms with van der Waals surface area (Å²) in [7, 11) is 1.71. The highest BCUT2D eigenvalue weighted by atomic mass is 16.4. The van der Waals surface area contributed by atoms with Crippen LogP contribution in [-0.2, 0) is 11.2 Å². The lowest BCUT2D eigenvalue weighted by Crippen LogP contribution is -2.45. The van der Waals surface area contributed by atoms with Crippen molar-refractivity contribution >= 4 is 12.0 Å². The molecule has 0 aliphatic heterocycles. The van der Waals surface area contributed by atoms with E-state index in [1.807, 2.05) is 55.5 Å². The van der Waals surface area contributed by atoms with E-state index >= 15 is 0 Å². The summed E-state index contributed by atoms with van der Waals surface area (Å²) in [5.74, 6) is -0.868. The molecule has 0 spiro atoms. The number of nitrogens with one attached hydrogen (secondary N) is 1. The van der Waals surface area contributed by atoms with E-state index in [2.05, 4.69) is 10.3 Å². The maximum Gasteiger partial charge on any atom is 0.317 e. The number of amides is 2. The first kappa shape index (κ1) is 19.4. The van der Waals surface area contributed by atoms with Gasteiger partial charge in [0.25, 0.3) is 0 Å². The van der Waals surface area contributed by atoms with Crippen molar-refractivity contribution < 1.29 is 14.7 Å². The topological polar surface area (TPSA) is 82.5 Å². The number of urea groups is 1. The highest BCUT2D eigenvalue weighted by Crippen LogP contribution is 2.16. The van der Waals surface area contributed by atoms with E-state index in [1.54, 1.807) is 18.1 Å². The number of carboxylic acid groups (broad SMARTS) is 1. The Hall–Kier alpha value is -2.89. The van der Waals surface area contributed by atoms with Gasteiger partial charge in [0.1, 0.15) is 0 Å². The zero-order chi connectivity index (χ0) is 18.9. The molecule has 0 aliphatic carbocycles. The number of carbonyl (C=O) groups is 2. The molecule has 6 nitrogen and oxygen atoms in total. The van der Waals surface area contributed by atoms with Gasteiger partial charge in [0.2, 0.25) is 0 Å². The van der Waals surface area contributed by atoms with Gasteiger partial charge >= 0.3 is 12.0 Å². The van der Waals surface area contributed by atoms with Crippen molar-refractivity contribution in [3.63, 3.8) is 0 Å². The average Bonchev–Trinajstić information content (AvgIpc) is 2.66. The maximum atomic E-state index is 12.6. The molecule has 0 saturated heterocycles. The summed E-state index contributed by atoms with van der Waals surface area (Å²) in [6.45, 7) is 1.91. The molecule has 26 heavy (non-hydrogen) atoms. The van der Waals surface area contributed by atoms with E-state index in [0.29, 0.717) is 12.8 Å². The van der Waals surface area contributed by atoms with Crippen LogP contribution in [-0.4, -0.2) is 40.1 Å². The lowest BCUT2D eigenvalue weighted by atomic mass is 10.0. The van der Waals surface area contributed by atoms with Crippen LogP contribution in [0.4, 0.5) is 4.79 Å². The third-order valence-corrected chi connectivity index (χ3v) is 4.38. The van der Waals surface area contributed by atoms with Crippen LogP contribution in [0.1, 0.15) is 37.1 Å². The van der Waals surface area contributed by atoms with Gasteiger partial charge in [-0.3, -0.25) is 9.78 Å². The van der Waals surface area contributed by atoms with Gasteiger partial charge in [-0.25, -0.2) is 4.79 Å². The van der Waals surface area contributed by atoms with Gasteiger partial charge in [-0.15, -0.1) is 0 Å². The predicted octanol–water partition coefficient (Wildman–Crippen LogP) is 3.26. The predicted molar refractivity (Wildman–Crippen MR) is 99.8 cm³/mol. The number of aliphatic carboxylic acids is 1. The molecule has 1 heterocycles. The van der Waals surface area contributed by atoms with E-state index in [0.717, 1.165) is 11.3 Å². The lowest BCUT2D eigenvalue weighted by molar-refractivity contribution is -0.137. The number of hydrogen-bond acceptors (Lipinski definition) is 3. The number of pyridine rings is 1. The van der Waals surface area contributed by atoms with E-state index < -0.39 is 5.97 Å². The van der Waals surface area contributed by atoms with Gasteiger partial charge in [-0.2, -0.15) is 0 Å². The van der Waals surface area contributed by atoms with Crippen LogP contribution in [0.5, 0.6) is 0 Å². The van der Waals surface area contributed by atoms with Crippen LogP contribution in [0.25, 0.3) is 0 Å². The van der Waals surface area contributed by atoms with Gasteiger partial charge in [0, 0.05) is 25.7 Å². The van der Waals surface area contributed by atoms with Crippen molar-refractivity contribution in [2.24, 2.45) is 0 Å². The standard InChI is InChI=1S/C20H25N3O3/c1-15(18-10-6-7-13-21-18)23(2)20(26)22-17(11-12-19(24)25)14-16-8-4-3-5-9-16/h3-10,13,15,17H,11-12,14H2,1-2H3,(H,22,26)(H,24,25). The number of carbonyl (C=O) groups excluding carboxylic acids is 1. The quantitative estimate of drug-likeness (QED) is 0.761. The first-order valence-electron chi connectivity index (χ1n) is 8.67. The minimum atomic E-state index is -0.868. The Morgan fingerprint density at radius 1 is 1.15 bits per heavy atom. The van der Waals surface area contributed by atoms with Crippen molar-refractivity contribution in [1.82, 2.24) is 15.2 Å². The Kier molecular flexibility index (Phi) is 7.14. The maximum absolute atomic E-state index is 12.6. The van der Waals surface area contributed by atoms with Crippen LogP contribution in [0.2, 0.25) is 0 Å². The molecule has 2 N–H and O–H groups in total. The Bertz CT molecular complexity index is 707. The molecule has 0 bridgehead atoms. The molecule has 138 valence electrons. The molecule has 2 amide bonds. The van der Waals surface area contributed by atoms with Gasteiger partial charge in [0.05, 0.1) is 11.7 Å². The van der Waals surface area contributed by atoms with Crippen LogP contribution in [0.3, 0.4) is 0 Å². The molecule has 0 aliphatic rings. The molecule has 0 radical (unpaired) electrons. The second-order valence-electron chi connectivity index (χ2n) is 6.31. The van der Waals surface area contributed by atoms with Gasteiger partial charge in [0.15, 0.2) is 0 Å². The second-order valence-corrected chi connectivity index (χ2v) is 6.31. The second kappa shape index (κ2) is 9.56. The first-order chi connectivity index (χ1) is 12.5. The summed E-state index contributed by atoms with van der Waals surface area (Å²) < 4.78 is 0. The number of benzene rings is 1. The monoisotopic (exact) mass is 355 g/mol. The normalized spacial score (nSPS) is 12.8. The van der Waals surface area contributed by atoms with Crippen molar-refractivity contribution in [2.75, 3.05) is 7.05 Å². The van der Waals surface area contributed by atoms with Gasteiger partial charge in [-0.1, -0.05) is 36.4 Å². The SMILES string of the molecule is CC(c1ccccn1)N(C)C(=O)NC(CCC(=O)O)Cc1ccccc1. The molecule has 6 heteroatoms. The van der Waals surface area contributed by atoms with Crippen molar-refractivity contribution in [3.05, 3.63) is 66.0 Å². The van der Waals surface area contributed by atoms with Crippen LogP contribution >= 0.6 is 0 Å². The van der Waals surface area contributed by atoms with Crippen molar-refractivity contribution in [1.29, 1.82) is 0 Å². The van der Waals surface area contributed by atoms with Gasteiger partial charge < -0.3 is 15.3 Å². The van der Waals surface area contributed by atoms with E-state index in [4.69, 9.17) is 5.11 Å². The summed E-state index contributed by atoms with van der Waals surface area (Å²) in [4.78, 5) is 29.5. The van der Waals surface area contributed by atoms with E-state index in [-0.39, 0.29) is 24.5 Å². The molecule has 2 aromatic rings. The summed E-state index contributed by atoms with van der Waals surface area (Å²) in [5, 5.41) is 11.9. The van der Waals surface area contributed by atoms with Crippen LogP contribution < -0.4 is 5.32 Å². The zero-order valence-corrected chi connectivity index (χ0v) is 15.1. The molecule has 2 rings (SSSR count). The molecular formula is C20H25N3O3. The fourth-order valence-electron chi connectivity index (χ4n) is 2.70. The zero-order valence-electron chi connectivity index (χ0n) is 15.1. The molecule has 1 aromatic carbocycles. The Balaban J connectivity index is 2.02. The number of nitrogens with zero attached hydrogens (tertiary/aromatic N) is 2. The first-order valence-corrected chi connectivity index (χ1v) is 8.67. The lowest BCUT2D eigenvalue weighted by Gasteiger charge is -2.28. The molecule has 2 unspecified atom stereocenters. The molecule has 1 aromatic heterocycles. The van der Waals surface area contributed by atoms with Crippen molar-refractivity contribution in [3.8, 4) is 0 Å². The largest absolute Gasteiger partial charge is 0.481 e. The number of carboxylic acids is 1. The smallest absolute Gasteiger partial charge is 0.317 e. The highest BCUT2D eigenvalue weighted by Gasteiger charge is 2.21. The molecule has 0 saturated carbocycles. The number of hydrogen-bond donors (Lipinski definition) is 2. The summed E-state index contributed by atoms with van der Waals surface area (Å²) in [6.07, 6.45) is 2.67. The molecule has 0 fully saturated rings. The molecular weight excluding hydrogens is 330 g/mol. The summed E-state index contributed by atoms with van der Waals surface area (Å²) in [6, 6.07) is 14.6. The van der Waals surface area contributed by atoms with E-state index in [9.17, 15) is 9.59 Å². The Morgan fingerprint density at radius 2 is 1.85 bits per heavy atom. The van der Waals surface area contributed by atoms with Crippen LogP contribution in [0.15, 0.2) is 54.7 Å². The van der Waals surface area contributed by atoms with Crippen molar-refractivity contribution in [2.45, 2.75) is 38.3 Å². The fraction of sp³-hybridized carbons (Fsp3) is 0.350. The number of aromatic nitrogens is 1. The fourth-order valence-corrected chi connectivity index (χ4v) is 2.70. The number of rotatable bonds is 8. The third kappa shape index (κ3) is 5.88. The average molecular weight is 355 g/mol. The Morgan fingerprint density at radius 3 is 2.46 bits per heavy atom. The summed E-state index contributed by atoms with van der Waals surface area (Å²) in [5.41, 5.74) is 1.86. The van der Waals surface area contributed by atoms with Crippen LogP contribution in [0, 0.1) is 0 Å². The minimum absolute atomic E-state index is 0.0112. The summed E-state index contributed by atoms with van der Waals surface area (Å²) >= 11 is 0. The van der Waals surface area contributed by atoms with Gasteiger partial charge in [-0.05, 0) is 37.5 Å². The highest BCUT2D eigenvalue weighted by molar-refractivity contribution is 5.75. The third-order valence-electron chi connectivity index (χ3n) is 4.38. The minimum Gasteiger partial charge on any atom is -0.481 e. The molecule has 2 atom stereocenters. The van der Waals surface area contributed by atoms with E-state index in [1.165, 1.54) is 0 Å².